The molecule has 0 aliphatic heterocycles. The van der Waals surface area contributed by atoms with E-state index < -0.39 is 0 Å². The molecular formula is C17H9BrOS. The van der Waals surface area contributed by atoms with Crippen LogP contribution in [0.15, 0.2) is 58.4 Å². The predicted molar refractivity (Wildman–Crippen MR) is 86.3 cm³/mol. The summed E-state index contributed by atoms with van der Waals surface area (Å²) in [5.41, 5.74) is 4.77. The number of benzene rings is 2. The highest BCUT2D eigenvalue weighted by Gasteiger charge is 2.29. The molecule has 0 radical (unpaired) electrons. The second-order valence-corrected chi connectivity index (χ2v) is 7.17. The molecule has 3 heteroatoms. The summed E-state index contributed by atoms with van der Waals surface area (Å²) in [5, 5.41) is 0. The molecule has 20 heavy (non-hydrogen) atoms. The van der Waals surface area contributed by atoms with E-state index >= 15 is 0 Å². The van der Waals surface area contributed by atoms with Crippen LogP contribution in [0.3, 0.4) is 0 Å². The molecule has 0 unspecified atom stereocenters. The first-order valence-electron chi connectivity index (χ1n) is 6.28. The molecule has 1 heterocycles. The average Bonchev–Trinajstić information content (AvgIpc) is 3.03. The van der Waals surface area contributed by atoms with Crippen molar-refractivity contribution in [1.29, 1.82) is 0 Å². The maximum Gasteiger partial charge on any atom is 0.194 e. The largest absolute Gasteiger partial charge is 0.289 e. The van der Waals surface area contributed by atoms with E-state index in [1.54, 1.807) is 11.3 Å². The molecule has 0 fully saturated rings. The van der Waals surface area contributed by atoms with E-state index in [0.29, 0.717) is 0 Å². The number of ketones is 1. The van der Waals surface area contributed by atoms with Gasteiger partial charge in [0, 0.05) is 21.6 Å². The Morgan fingerprint density at radius 3 is 2.20 bits per heavy atom. The van der Waals surface area contributed by atoms with Crippen molar-refractivity contribution in [3.8, 4) is 21.6 Å². The standard InChI is InChI=1S/C17H9BrOS/c18-15-9-8-14(20-15)13-7-3-6-11-10-4-1-2-5-12(10)17(19)16(11)13/h1-9H. The molecule has 1 aliphatic rings. The van der Waals surface area contributed by atoms with E-state index in [4.69, 9.17) is 0 Å². The molecule has 3 aromatic rings. The van der Waals surface area contributed by atoms with Gasteiger partial charge in [-0.15, -0.1) is 11.3 Å². The Labute approximate surface area is 129 Å². The van der Waals surface area contributed by atoms with Crippen LogP contribution < -0.4 is 0 Å². The predicted octanol–water partition coefficient (Wildman–Crippen LogP) is 5.39. The van der Waals surface area contributed by atoms with Gasteiger partial charge < -0.3 is 0 Å². The van der Waals surface area contributed by atoms with Crippen molar-refractivity contribution in [1.82, 2.24) is 0 Å². The van der Waals surface area contributed by atoms with E-state index in [1.165, 1.54) is 0 Å². The van der Waals surface area contributed by atoms with Crippen LogP contribution in [0.5, 0.6) is 0 Å². The molecule has 0 atom stereocenters. The van der Waals surface area contributed by atoms with Crippen molar-refractivity contribution in [2.75, 3.05) is 0 Å². The third kappa shape index (κ3) is 1.63. The summed E-state index contributed by atoms with van der Waals surface area (Å²) in [7, 11) is 0. The smallest absolute Gasteiger partial charge is 0.194 e. The lowest BCUT2D eigenvalue weighted by Gasteiger charge is -2.05. The molecule has 4 rings (SSSR count). The van der Waals surface area contributed by atoms with Crippen LogP contribution in [0, 0.1) is 0 Å². The summed E-state index contributed by atoms with van der Waals surface area (Å²) in [5.74, 6) is 0.135. The van der Waals surface area contributed by atoms with E-state index in [9.17, 15) is 4.79 Å². The van der Waals surface area contributed by atoms with Crippen molar-refractivity contribution in [3.05, 3.63) is 69.5 Å². The Hall–Kier alpha value is -1.71. The Kier molecular flexibility index (Phi) is 2.65. The van der Waals surface area contributed by atoms with E-state index in [2.05, 4.69) is 22.0 Å². The van der Waals surface area contributed by atoms with E-state index in [0.717, 1.165) is 36.5 Å². The van der Waals surface area contributed by atoms with Gasteiger partial charge in [0.25, 0.3) is 0 Å². The van der Waals surface area contributed by atoms with Gasteiger partial charge in [0.1, 0.15) is 0 Å². The van der Waals surface area contributed by atoms with Crippen LogP contribution in [-0.4, -0.2) is 5.78 Å². The zero-order chi connectivity index (χ0) is 13.7. The van der Waals surface area contributed by atoms with Crippen molar-refractivity contribution >= 4 is 33.0 Å². The third-order valence-corrected chi connectivity index (χ3v) is 5.25. The molecule has 1 aliphatic carbocycles. The Balaban J connectivity index is 2.02. The van der Waals surface area contributed by atoms with Gasteiger partial charge in [-0.2, -0.15) is 0 Å². The second kappa shape index (κ2) is 4.40. The summed E-state index contributed by atoms with van der Waals surface area (Å²) in [6, 6.07) is 18.0. The van der Waals surface area contributed by atoms with Crippen molar-refractivity contribution in [2.24, 2.45) is 0 Å². The molecule has 0 N–H and O–H groups in total. The third-order valence-electron chi connectivity index (χ3n) is 3.59. The first kappa shape index (κ1) is 12.1. The second-order valence-electron chi connectivity index (χ2n) is 4.71. The van der Waals surface area contributed by atoms with Crippen LogP contribution in [0.25, 0.3) is 21.6 Å². The summed E-state index contributed by atoms with van der Waals surface area (Å²) < 4.78 is 1.08. The molecule has 0 saturated carbocycles. The summed E-state index contributed by atoms with van der Waals surface area (Å²) in [6.45, 7) is 0. The summed E-state index contributed by atoms with van der Waals surface area (Å²) in [6.07, 6.45) is 0. The molecule has 0 saturated heterocycles. The van der Waals surface area contributed by atoms with Crippen LogP contribution in [0.2, 0.25) is 0 Å². The highest BCUT2D eigenvalue weighted by Crippen LogP contribution is 2.43. The van der Waals surface area contributed by atoms with Gasteiger partial charge in [-0.25, -0.2) is 0 Å². The molecule has 0 spiro atoms. The number of carbonyl (C=O) groups excluding carboxylic acids is 1. The maximum absolute atomic E-state index is 12.7. The fraction of sp³-hybridized carbons (Fsp3) is 0. The van der Waals surface area contributed by atoms with Crippen molar-refractivity contribution < 1.29 is 4.79 Å². The summed E-state index contributed by atoms with van der Waals surface area (Å²) in [4.78, 5) is 13.8. The lowest BCUT2D eigenvalue weighted by molar-refractivity contribution is 0.104. The number of rotatable bonds is 1. The van der Waals surface area contributed by atoms with E-state index in [-0.39, 0.29) is 5.78 Å². The maximum atomic E-state index is 12.7. The van der Waals surface area contributed by atoms with Crippen molar-refractivity contribution in [3.63, 3.8) is 0 Å². The first-order valence-corrected chi connectivity index (χ1v) is 7.89. The summed E-state index contributed by atoms with van der Waals surface area (Å²) >= 11 is 5.14. The van der Waals surface area contributed by atoms with Gasteiger partial charge in [0.15, 0.2) is 5.78 Å². The van der Waals surface area contributed by atoms with Gasteiger partial charge >= 0.3 is 0 Å². The van der Waals surface area contributed by atoms with Gasteiger partial charge in [0.2, 0.25) is 0 Å². The fourth-order valence-electron chi connectivity index (χ4n) is 2.74. The lowest BCUT2D eigenvalue weighted by atomic mass is 10.00. The minimum absolute atomic E-state index is 0.135. The van der Waals surface area contributed by atoms with E-state index in [1.807, 2.05) is 48.5 Å². The quantitative estimate of drug-likeness (QED) is 0.454. The molecule has 96 valence electrons. The highest BCUT2D eigenvalue weighted by molar-refractivity contribution is 9.11. The number of fused-ring (bicyclic) bond motifs is 3. The lowest BCUT2D eigenvalue weighted by Crippen LogP contribution is -1.97. The number of halogens is 1. The molecule has 2 aromatic carbocycles. The Morgan fingerprint density at radius 2 is 1.45 bits per heavy atom. The Morgan fingerprint density at radius 1 is 0.750 bits per heavy atom. The van der Waals surface area contributed by atoms with Gasteiger partial charge in [0.05, 0.1) is 3.79 Å². The van der Waals surface area contributed by atoms with Gasteiger partial charge in [-0.05, 0) is 39.2 Å². The highest BCUT2D eigenvalue weighted by atomic mass is 79.9. The number of thiophene rings is 1. The Bertz CT molecular complexity index is 848. The zero-order valence-corrected chi connectivity index (χ0v) is 12.8. The molecule has 0 amide bonds. The van der Waals surface area contributed by atoms with Crippen LogP contribution >= 0.6 is 27.3 Å². The first-order chi connectivity index (χ1) is 9.75. The number of carbonyl (C=O) groups is 1. The minimum atomic E-state index is 0.135. The fourth-order valence-corrected chi connectivity index (χ4v) is 4.15. The van der Waals surface area contributed by atoms with Crippen LogP contribution in [-0.2, 0) is 0 Å². The topological polar surface area (TPSA) is 17.1 Å². The molecular weight excluding hydrogens is 332 g/mol. The average molecular weight is 341 g/mol. The molecule has 0 bridgehead atoms. The van der Waals surface area contributed by atoms with Crippen LogP contribution in [0.1, 0.15) is 15.9 Å². The van der Waals surface area contributed by atoms with Gasteiger partial charge in [-0.1, -0.05) is 42.5 Å². The molecule has 1 aromatic heterocycles. The van der Waals surface area contributed by atoms with Crippen LogP contribution in [0.4, 0.5) is 0 Å². The van der Waals surface area contributed by atoms with Crippen molar-refractivity contribution in [2.45, 2.75) is 0 Å². The zero-order valence-electron chi connectivity index (χ0n) is 10.4. The van der Waals surface area contributed by atoms with Gasteiger partial charge in [-0.3, -0.25) is 4.79 Å². The number of hydrogen-bond acceptors (Lipinski definition) is 2. The monoisotopic (exact) mass is 340 g/mol. The normalized spacial score (nSPS) is 12.3. The SMILES string of the molecule is O=C1c2ccccc2-c2cccc(-c3ccc(Br)s3)c21. The minimum Gasteiger partial charge on any atom is -0.289 e. The molecule has 1 nitrogen and oxygen atoms in total. The number of hydrogen-bond donors (Lipinski definition) is 0.